The maximum atomic E-state index is 11.6. The smallest absolute Gasteiger partial charge is 0.179 e. The number of nitrogens with zero attached hydrogens (tertiary/aromatic N) is 1. The van der Waals surface area contributed by atoms with Gasteiger partial charge in [0.2, 0.25) is 0 Å². The van der Waals surface area contributed by atoms with Gasteiger partial charge in [0.05, 0.1) is 12.5 Å². The number of fused-ring (bicyclic) bond motifs is 1. The molecule has 0 fully saturated rings. The maximum Gasteiger partial charge on any atom is 0.179 e. The lowest BCUT2D eigenvalue weighted by atomic mass is 10.1. The van der Waals surface area contributed by atoms with Gasteiger partial charge in [-0.3, -0.25) is 4.79 Å². The van der Waals surface area contributed by atoms with E-state index in [1.54, 1.807) is 6.20 Å². The van der Waals surface area contributed by atoms with Gasteiger partial charge in [-0.1, -0.05) is 22.0 Å². The van der Waals surface area contributed by atoms with Crippen molar-refractivity contribution in [2.45, 2.75) is 6.42 Å². The number of hydrogen-bond donors (Lipinski definition) is 1. The van der Waals surface area contributed by atoms with E-state index in [1.807, 2.05) is 24.3 Å². The minimum absolute atomic E-state index is 0.0803. The van der Waals surface area contributed by atoms with Crippen molar-refractivity contribution in [2.24, 2.45) is 0 Å². The van der Waals surface area contributed by atoms with Crippen LogP contribution in [0.5, 0.6) is 0 Å². The summed E-state index contributed by atoms with van der Waals surface area (Å²) >= 11 is 3.35. The first kappa shape index (κ1) is 9.94. The van der Waals surface area contributed by atoms with Gasteiger partial charge >= 0.3 is 0 Å². The van der Waals surface area contributed by atoms with Crippen molar-refractivity contribution in [3.05, 3.63) is 34.4 Å². The van der Waals surface area contributed by atoms with Gasteiger partial charge < -0.3 is 4.98 Å². The van der Waals surface area contributed by atoms with Crippen LogP contribution in [0.1, 0.15) is 16.8 Å². The van der Waals surface area contributed by atoms with Crippen LogP contribution in [0.25, 0.3) is 10.9 Å². The molecule has 0 aliphatic rings. The Morgan fingerprint density at radius 1 is 1.53 bits per heavy atom. The molecular formula is C11H7BrN2O. The van der Waals surface area contributed by atoms with Gasteiger partial charge in [-0.2, -0.15) is 5.26 Å². The van der Waals surface area contributed by atoms with E-state index in [0.717, 1.165) is 15.4 Å². The number of carbonyl (C=O) groups is 1. The number of aromatic amines is 1. The molecule has 0 saturated heterocycles. The van der Waals surface area contributed by atoms with Gasteiger partial charge in [0, 0.05) is 27.1 Å². The lowest BCUT2D eigenvalue weighted by Gasteiger charge is -1.94. The van der Waals surface area contributed by atoms with Crippen LogP contribution in [0, 0.1) is 11.3 Å². The molecule has 0 amide bonds. The van der Waals surface area contributed by atoms with Crippen LogP contribution in [-0.2, 0) is 0 Å². The fourth-order valence-electron chi connectivity index (χ4n) is 1.50. The van der Waals surface area contributed by atoms with Crippen LogP contribution < -0.4 is 0 Å². The van der Waals surface area contributed by atoms with Crippen LogP contribution >= 0.6 is 15.9 Å². The van der Waals surface area contributed by atoms with E-state index in [2.05, 4.69) is 20.9 Å². The Morgan fingerprint density at radius 2 is 2.33 bits per heavy atom. The molecule has 0 radical (unpaired) electrons. The summed E-state index contributed by atoms with van der Waals surface area (Å²) in [4.78, 5) is 14.6. The minimum atomic E-state index is -0.147. The highest BCUT2D eigenvalue weighted by molar-refractivity contribution is 9.10. The zero-order chi connectivity index (χ0) is 10.8. The van der Waals surface area contributed by atoms with Crippen LogP contribution in [0.2, 0.25) is 0 Å². The summed E-state index contributed by atoms with van der Waals surface area (Å²) in [5.41, 5.74) is 1.48. The van der Waals surface area contributed by atoms with Gasteiger partial charge in [0.15, 0.2) is 5.78 Å². The average molecular weight is 263 g/mol. The van der Waals surface area contributed by atoms with Crippen LogP contribution in [0.15, 0.2) is 28.9 Å². The molecule has 0 atom stereocenters. The Bertz CT molecular complexity index is 565. The Balaban J connectivity index is 2.55. The number of Topliss-reactive ketones (excluding diaryl/α,β-unsaturated/α-hetero) is 1. The molecule has 2 rings (SSSR count). The molecule has 0 spiro atoms. The standard InChI is InChI=1S/C11H7BrN2O/c12-7-1-2-8-9(11(15)3-4-13)6-14-10(8)5-7/h1-2,5-6,14H,3H2. The molecule has 1 heterocycles. The Labute approximate surface area is 94.8 Å². The first-order valence-corrected chi connectivity index (χ1v) is 5.18. The molecule has 15 heavy (non-hydrogen) atoms. The fourth-order valence-corrected chi connectivity index (χ4v) is 1.86. The third-order valence-electron chi connectivity index (χ3n) is 2.18. The molecule has 1 N–H and O–H groups in total. The first-order chi connectivity index (χ1) is 7.22. The number of nitriles is 1. The number of halogens is 1. The van der Waals surface area contributed by atoms with Crippen molar-refractivity contribution in [1.29, 1.82) is 5.26 Å². The molecule has 0 bridgehead atoms. The van der Waals surface area contributed by atoms with Crippen LogP contribution in [-0.4, -0.2) is 10.8 Å². The molecule has 0 aliphatic carbocycles. The van der Waals surface area contributed by atoms with Crippen molar-refractivity contribution < 1.29 is 4.79 Å². The average Bonchev–Trinajstić information content (AvgIpc) is 2.60. The molecule has 2 aromatic rings. The summed E-state index contributed by atoms with van der Waals surface area (Å²) in [6, 6.07) is 7.50. The fraction of sp³-hybridized carbons (Fsp3) is 0.0909. The summed E-state index contributed by atoms with van der Waals surface area (Å²) in [5, 5.41) is 9.32. The second-order valence-electron chi connectivity index (χ2n) is 3.15. The van der Waals surface area contributed by atoms with Gasteiger partial charge in [0.1, 0.15) is 0 Å². The van der Waals surface area contributed by atoms with E-state index in [1.165, 1.54) is 0 Å². The van der Waals surface area contributed by atoms with E-state index in [0.29, 0.717) is 5.56 Å². The molecule has 74 valence electrons. The third-order valence-corrected chi connectivity index (χ3v) is 2.68. The highest BCUT2D eigenvalue weighted by Gasteiger charge is 2.11. The Kier molecular flexibility index (Phi) is 2.57. The quantitative estimate of drug-likeness (QED) is 0.846. The van der Waals surface area contributed by atoms with E-state index < -0.39 is 0 Å². The monoisotopic (exact) mass is 262 g/mol. The lowest BCUT2D eigenvalue weighted by Crippen LogP contribution is -1.95. The largest absolute Gasteiger partial charge is 0.360 e. The Morgan fingerprint density at radius 3 is 3.07 bits per heavy atom. The predicted molar refractivity (Wildman–Crippen MR) is 60.6 cm³/mol. The maximum absolute atomic E-state index is 11.6. The van der Waals surface area contributed by atoms with Crippen molar-refractivity contribution in [2.75, 3.05) is 0 Å². The lowest BCUT2D eigenvalue weighted by molar-refractivity contribution is 0.0999. The van der Waals surface area contributed by atoms with Gasteiger partial charge in [0.25, 0.3) is 0 Å². The molecule has 0 saturated carbocycles. The molecule has 1 aromatic heterocycles. The molecule has 0 unspecified atom stereocenters. The number of rotatable bonds is 2. The van der Waals surface area contributed by atoms with Crippen molar-refractivity contribution in [3.8, 4) is 6.07 Å². The molecule has 1 aromatic carbocycles. The van der Waals surface area contributed by atoms with E-state index in [4.69, 9.17) is 5.26 Å². The van der Waals surface area contributed by atoms with Crippen molar-refractivity contribution >= 4 is 32.6 Å². The molecule has 0 aliphatic heterocycles. The topological polar surface area (TPSA) is 56.6 Å². The number of nitrogens with one attached hydrogen (secondary N) is 1. The zero-order valence-electron chi connectivity index (χ0n) is 7.75. The van der Waals surface area contributed by atoms with E-state index >= 15 is 0 Å². The van der Waals surface area contributed by atoms with Gasteiger partial charge in [-0.05, 0) is 12.1 Å². The summed E-state index contributed by atoms with van der Waals surface area (Å²) in [6.07, 6.45) is 1.57. The second kappa shape index (κ2) is 3.87. The normalized spacial score (nSPS) is 10.1. The zero-order valence-corrected chi connectivity index (χ0v) is 9.34. The predicted octanol–water partition coefficient (Wildman–Crippen LogP) is 3.03. The van der Waals surface area contributed by atoms with Crippen molar-refractivity contribution in [1.82, 2.24) is 4.98 Å². The Hall–Kier alpha value is -1.60. The van der Waals surface area contributed by atoms with E-state index in [9.17, 15) is 4.79 Å². The first-order valence-electron chi connectivity index (χ1n) is 4.39. The summed E-state index contributed by atoms with van der Waals surface area (Å²) in [5.74, 6) is -0.147. The molecule has 4 heteroatoms. The second-order valence-corrected chi connectivity index (χ2v) is 4.07. The van der Waals surface area contributed by atoms with E-state index in [-0.39, 0.29) is 12.2 Å². The van der Waals surface area contributed by atoms with Crippen molar-refractivity contribution in [3.63, 3.8) is 0 Å². The number of carbonyl (C=O) groups excluding carboxylic acids is 1. The number of aromatic nitrogens is 1. The third kappa shape index (κ3) is 1.79. The van der Waals surface area contributed by atoms with Crippen LogP contribution in [0.4, 0.5) is 0 Å². The summed E-state index contributed by atoms with van der Waals surface area (Å²) < 4.78 is 0.955. The molecular weight excluding hydrogens is 256 g/mol. The number of hydrogen-bond acceptors (Lipinski definition) is 2. The number of ketones is 1. The number of benzene rings is 1. The minimum Gasteiger partial charge on any atom is -0.360 e. The summed E-state index contributed by atoms with van der Waals surface area (Å²) in [7, 11) is 0. The van der Waals surface area contributed by atoms with Gasteiger partial charge in [-0.25, -0.2) is 0 Å². The number of H-pyrrole nitrogens is 1. The van der Waals surface area contributed by atoms with Crippen LogP contribution in [0.3, 0.4) is 0 Å². The summed E-state index contributed by atoms with van der Waals surface area (Å²) in [6.45, 7) is 0. The highest BCUT2D eigenvalue weighted by atomic mass is 79.9. The van der Waals surface area contributed by atoms with Gasteiger partial charge in [-0.15, -0.1) is 0 Å². The molecule has 3 nitrogen and oxygen atoms in total. The highest BCUT2D eigenvalue weighted by Crippen LogP contribution is 2.23. The SMILES string of the molecule is N#CCC(=O)c1c[nH]c2cc(Br)ccc12.